The summed E-state index contributed by atoms with van der Waals surface area (Å²) < 4.78 is 11.2. The number of rotatable bonds is 8. The van der Waals surface area contributed by atoms with Crippen LogP contribution in [0.15, 0.2) is 248 Å². The molecule has 0 fully saturated rings. The predicted octanol–water partition coefficient (Wildman–Crippen LogP) is 18.0. The fraction of sp³-hybridized carbons (Fsp3) is 0.0294. The molecule has 1 aliphatic carbocycles. The molecule has 334 valence electrons. The van der Waals surface area contributed by atoms with Crippen molar-refractivity contribution in [2.24, 2.45) is 0 Å². The summed E-state index contributed by atoms with van der Waals surface area (Å²) in [4.78, 5) is 0. The number of hydrogen-bond donors (Lipinski definition) is 0. The number of benzene rings is 10. The molecule has 0 unspecified atom stereocenters. The number of furan rings is 1. The van der Waals surface area contributed by atoms with E-state index >= 15 is 0 Å². The van der Waals surface area contributed by atoms with E-state index in [1.165, 1.54) is 88.1 Å². The Morgan fingerprint density at radius 2 is 1.00 bits per heavy atom. The highest BCUT2D eigenvalue weighted by Gasteiger charge is 2.46. The number of nitrogens with zero attached hydrogens (tertiary/aromatic N) is 2. The Kier molecular flexibility index (Phi) is 9.18. The molecule has 14 rings (SSSR count). The SMILES string of the molecule is C=Cc1c(/C=C\C)oc2ccc(-c3ccc4c(c3)C(c3ccccc3)(c3ccccc3)c3cc(-n5c6ccccc6c6c(-c7ccc8c9ccccc9n(-c9ccccc9)c8c7)cccc65)ccc3-4)cc12. The zero-order valence-electron chi connectivity index (χ0n) is 39.2. The van der Waals surface area contributed by atoms with E-state index in [0.29, 0.717) is 0 Å². The van der Waals surface area contributed by atoms with Gasteiger partial charge in [0.2, 0.25) is 0 Å². The van der Waals surface area contributed by atoms with Crippen molar-refractivity contribution in [3.05, 3.63) is 277 Å². The van der Waals surface area contributed by atoms with Gasteiger partial charge in [0, 0.05) is 43.9 Å². The van der Waals surface area contributed by atoms with Crippen LogP contribution >= 0.6 is 0 Å². The lowest BCUT2D eigenvalue weighted by Gasteiger charge is -2.34. The van der Waals surface area contributed by atoms with Crippen LogP contribution in [-0.4, -0.2) is 9.13 Å². The Hall–Kier alpha value is -9.18. The maximum atomic E-state index is 6.29. The Balaban J connectivity index is 0.990. The molecule has 0 saturated carbocycles. The summed E-state index contributed by atoms with van der Waals surface area (Å²) in [7, 11) is 0. The summed E-state index contributed by atoms with van der Waals surface area (Å²) in [5, 5.41) is 6.01. The van der Waals surface area contributed by atoms with Crippen molar-refractivity contribution >= 4 is 66.7 Å². The molecule has 0 spiro atoms. The molecule has 0 aliphatic heterocycles. The van der Waals surface area contributed by atoms with Gasteiger partial charge in [-0.05, 0) is 135 Å². The molecule has 0 radical (unpaired) electrons. The number of para-hydroxylation sites is 3. The molecule has 1 aliphatic rings. The summed E-state index contributed by atoms with van der Waals surface area (Å²) in [5.41, 5.74) is 20.4. The number of aromatic nitrogens is 2. The van der Waals surface area contributed by atoms with Crippen LogP contribution in [0.5, 0.6) is 0 Å². The molecular weight excluding hydrogens is 861 g/mol. The van der Waals surface area contributed by atoms with Gasteiger partial charge in [-0.25, -0.2) is 0 Å². The van der Waals surface area contributed by atoms with Crippen LogP contribution in [0.4, 0.5) is 0 Å². The van der Waals surface area contributed by atoms with E-state index < -0.39 is 5.41 Å². The highest BCUT2D eigenvalue weighted by atomic mass is 16.3. The summed E-state index contributed by atoms with van der Waals surface area (Å²) in [6.07, 6.45) is 5.92. The molecule has 3 nitrogen and oxygen atoms in total. The van der Waals surface area contributed by atoms with Crippen LogP contribution < -0.4 is 0 Å². The zero-order chi connectivity index (χ0) is 47.2. The van der Waals surface area contributed by atoms with Gasteiger partial charge < -0.3 is 13.6 Å². The third-order valence-electron chi connectivity index (χ3n) is 15.1. The van der Waals surface area contributed by atoms with Crippen LogP contribution in [0.25, 0.3) is 111 Å². The van der Waals surface area contributed by atoms with Gasteiger partial charge in [0.1, 0.15) is 11.3 Å². The number of allylic oxidation sites excluding steroid dienone is 1. The van der Waals surface area contributed by atoms with Gasteiger partial charge in [0.15, 0.2) is 0 Å². The number of hydrogen-bond acceptors (Lipinski definition) is 1. The highest BCUT2D eigenvalue weighted by Crippen LogP contribution is 2.57. The maximum Gasteiger partial charge on any atom is 0.135 e. The molecule has 13 aromatic rings. The second kappa shape index (κ2) is 15.9. The quantitative estimate of drug-likeness (QED) is 0.149. The van der Waals surface area contributed by atoms with Gasteiger partial charge in [-0.2, -0.15) is 0 Å². The van der Waals surface area contributed by atoms with Crippen molar-refractivity contribution in [1.29, 1.82) is 0 Å². The highest BCUT2D eigenvalue weighted by molar-refractivity contribution is 6.17. The second-order valence-electron chi connectivity index (χ2n) is 18.7. The minimum Gasteiger partial charge on any atom is -0.456 e. The molecule has 10 aromatic carbocycles. The van der Waals surface area contributed by atoms with Crippen LogP contribution in [-0.2, 0) is 5.41 Å². The van der Waals surface area contributed by atoms with E-state index in [0.717, 1.165) is 44.8 Å². The lowest BCUT2D eigenvalue weighted by Crippen LogP contribution is -2.28. The van der Waals surface area contributed by atoms with Crippen molar-refractivity contribution in [2.45, 2.75) is 12.3 Å². The Labute approximate surface area is 412 Å². The van der Waals surface area contributed by atoms with Crippen LogP contribution in [0.3, 0.4) is 0 Å². The first kappa shape index (κ1) is 40.8. The van der Waals surface area contributed by atoms with E-state index in [1.807, 2.05) is 25.2 Å². The van der Waals surface area contributed by atoms with Crippen LogP contribution in [0.1, 0.15) is 40.5 Å². The van der Waals surface area contributed by atoms with Crippen molar-refractivity contribution in [2.75, 3.05) is 0 Å². The lowest BCUT2D eigenvalue weighted by molar-refractivity contribution is 0.603. The molecule has 0 saturated heterocycles. The largest absolute Gasteiger partial charge is 0.456 e. The predicted molar refractivity (Wildman–Crippen MR) is 298 cm³/mol. The van der Waals surface area contributed by atoms with Crippen LogP contribution in [0, 0.1) is 0 Å². The Morgan fingerprint density at radius 1 is 0.423 bits per heavy atom. The van der Waals surface area contributed by atoms with Crippen molar-refractivity contribution in [1.82, 2.24) is 9.13 Å². The van der Waals surface area contributed by atoms with Gasteiger partial charge in [-0.3, -0.25) is 0 Å². The average molecular weight is 907 g/mol. The minimum atomic E-state index is -0.624. The average Bonchev–Trinajstić information content (AvgIpc) is 4.16. The topological polar surface area (TPSA) is 23.0 Å². The van der Waals surface area contributed by atoms with E-state index in [1.54, 1.807) is 0 Å². The van der Waals surface area contributed by atoms with Crippen molar-refractivity contribution < 1.29 is 4.42 Å². The van der Waals surface area contributed by atoms with E-state index in [-0.39, 0.29) is 0 Å². The van der Waals surface area contributed by atoms with Gasteiger partial charge in [0.05, 0.1) is 27.5 Å². The molecule has 0 bridgehead atoms. The van der Waals surface area contributed by atoms with E-state index in [4.69, 9.17) is 4.42 Å². The van der Waals surface area contributed by atoms with Crippen molar-refractivity contribution in [3.8, 4) is 44.8 Å². The van der Waals surface area contributed by atoms with Gasteiger partial charge in [-0.1, -0.05) is 183 Å². The van der Waals surface area contributed by atoms with Crippen molar-refractivity contribution in [3.63, 3.8) is 0 Å². The zero-order valence-corrected chi connectivity index (χ0v) is 39.2. The summed E-state index contributed by atoms with van der Waals surface area (Å²) in [6, 6.07) is 85.3. The van der Waals surface area contributed by atoms with E-state index in [9.17, 15) is 0 Å². The Bertz CT molecular complexity index is 4260. The van der Waals surface area contributed by atoms with Gasteiger partial charge in [0.25, 0.3) is 0 Å². The summed E-state index contributed by atoms with van der Waals surface area (Å²) in [5.74, 6) is 0.825. The third-order valence-corrected chi connectivity index (χ3v) is 15.1. The Morgan fingerprint density at radius 3 is 1.73 bits per heavy atom. The summed E-state index contributed by atoms with van der Waals surface area (Å²) >= 11 is 0. The third kappa shape index (κ3) is 5.97. The molecule has 71 heavy (non-hydrogen) atoms. The first-order chi connectivity index (χ1) is 35.1. The van der Waals surface area contributed by atoms with Gasteiger partial charge >= 0.3 is 0 Å². The normalized spacial score (nSPS) is 13.0. The lowest BCUT2D eigenvalue weighted by atomic mass is 9.67. The second-order valence-corrected chi connectivity index (χ2v) is 18.7. The molecule has 3 heteroatoms. The number of fused-ring (bicyclic) bond motifs is 10. The monoisotopic (exact) mass is 906 g/mol. The summed E-state index contributed by atoms with van der Waals surface area (Å²) in [6.45, 7) is 6.18. The maximum absolute atomic E-state index is 6.29. The fourth-order valence-electron chi connectivity index (χ4n) is 12.1. The van der Waals surface area contributed by atoms with E-state index in [2.05, 4.69) is 246 Å². The molecule has 0 amide bonds. The molecule has 0 atom stereocenters. The molecule has 3 aromatic heterocycles. The standard InChI is InChI=1S/C68H46N2O/c1-3-19-65-51(4-2)58-40-44(34-39-66(58)71-65)45-32-36-53-54-38-35-50(43-60(54)68(59(53)41-45,47-20-8-5-9-21-47)48-22-10-6-11-23-48)70-62-30-17-15-27-57(62)67-52(28-18-31-63(67)70)46-33-37-56-55-26-14-16-29-61(55)69(64(56)42-46)49-24-12-7-13-25-49/h3-43H,2H2,1H3/b19-3-. The van der Waals surface area contributed by atoms with Gasteiger partial charge in [-0.15, -0.1) is 0 Å². The molecular formula is C68H46N2O. The molecule has 0 N–H and O–H groups in total. The minimum absolute atomic E-state index is 0.624. The first-order valence-corrected chi connectivity index (χ1v) is 24.5. The van der Waals surface area contributed by atoms with Crippen LogP contribution in [0.2, 0.25) is 0 Å². The smallest absolute Gasteiger partial charge is 0.135 e. The molecule has 3 heterocycles. The first-order valence-electron chi connectivity index (χ1n) is 24.5. The fourth-order valence-corrected chi connectivity index (χ4v) is 12.1.